The van der Waals surface area contributed by atoms with Crippen LogP contribution in [0, 0.1) is 0 Å². The summed E-state index contributed by atoms with van der Waals surface area (Å²) in [5.41, 5.74) is 9.71. The topological polar surface area (TPSA) is 67.1 Å². The molecule has 4 nitrogen and oxygen atoms in total. The molecule has 1 saturated carbocycles. The highest BCUT2D eigenvalue weighted by Gasteiger charge is 2.23. The van der Waals surface area contributed by atoms with Gasteiger partial charge in [0.05, 0.1) is 17.8 Å². The van der Waals surface area contributed by atoms with E-state index in [1.54, 1.807) is 0 Å². The smallest absolute Gasteiger partial charge is 0.228 e. The molecule has 1 aromatic carbocycles. The number of carbonyl (C=O) groups is 1. The molecule has 0 bridgehead atoms. The summed E-state index contributed by atoms with van der Waals surface area (Å²) in [6, 6.07) is 4.40. The van der Waals surface area contributed by atoms with Gasteiger partial charge >= 0.3 is 0 Å². The van der Waals surface area contributed by atoms with Gasteiger partial charge in [0.1, 0.15) is 0 Å². The van der Waals surface area contributed by atoms with E-state index in [0.29, 0.717) is 12.5 Å². The summed E-state index contributed by atoms with van der Waals surface area (Å²) >= 11 is 1.97. The second-order valence-corrected chi connectivity index (χ2v) is 6.81. The van der Waals surface area contributed by atoms with Crippen molar-refractivity contribution in [1.82, 2.24) is 0 Å². The first-order valence-electron chi connectivity index (χ1n) is 7.17. The van der Waals surface area contributed by atoms with Crippen LogP contribution < -0.4 is 16.4 Å². The molecule has 0 spiro atoms. The van der Waals surface area contributed by atoms with E-state index in [1.165, 1.54) is 25.7 Å². The predicted molar refractivity (Wildman–Crippen MR) is 86.4 cm³/mol. The van der Waals surface area contributed by atoms with E-state index in [2.05, 4.69) is 16.9 Å². The number of hydrogen-bond acceptors (Lipinski definition) is 4. The van der Waals surface area contributed by atoms with Crippen LogP contribution in [0.15, 0.2) is 12.1 Å². The van der Waals surface area contributed by atoms with Crippen molar-refractivity contribution in [2.45, 2.75) is 43.4 Å². The fraction of sp³-hybridized carbons (Fsp3) is 0.533. The molecule has 1 aliphatic carbocycles. The van der Waals surface area contributed by atoms with Gasteiger partial charge in [-0.2, -0.15) is 11.8 Å². The zero-order valence-corrected chi connectivity index (χ0v) is 12.6. The van der Waals surface area contributed by atoms with Gasteiger partial charge in [0, 0.05) is 17.0 Å². The molecule has 1 fully saturated rings. The summed E-state index contributed by atoms with van der Waals surface area (Å²) in [7, 11) is 0. The largest absolute Gasteiger partial charge is 0.397 e. The second kappa shape index (κ2) is 5.56. The minimum atomic E-state index is 0.0528. The maximum absolute atomic E-state index is 11.4. The average Bonchev–Trinajstić information content (AvgIpc) is 2.79. The van der Waals surface area contributed by atoms with Crippen LogP contribution in [0.25, 0.3) is 0 Å². The Bertz CT molecular complexity index is 524. The van der Waals surface area contributed by atoms with Crippen LogP contribution in [0.4, 0.5) is 17.1 Å². The third kappa shape index (κ3) is 2.73. The molecule has 4 N–H and O–H groups in total. The molecule has 1 aromatic rings. The number of anilines is 3. The number of rotatable bonds is 3. The Kier molecular flexibility index (Phi) is 3.78. The molecule has 108 valence electrons. The lowest BCUT2D eigenvalue weighted by molar-refractivity contribution is -0.115. The Balaban J connectivity index is 1.69. The van der Waals surface area contributed by atoms with Crippen molar-refractivity contribution in [3.63, 3.8) is 0 Å². The third-order valence-electron chi connectivity index (χ3n) is 4.27. The van der Waals surface area contributed by atoms with E-state index in [4.69, 9.17) is 5.73 Å². The summed E-state index contributed by atoms with van der Waals surface area (Å²) < 4.78 is 0. The lowest BCUT2D eigenvalue weighted by Gasteiger charge is -2.29. The Morgan fingerprint density at radius 3 is 2.75 bits per heavy atom. The highest BCUT2D eigenvalue weighted by molar-refractivity contribution is 7.99. The van der Waals surface area contributed by atoms with Crippen LogP contribution in [-0.4, -0.2) is 23.5 Å². The number of amides is 1. The van der Waals surface area contributed by atoms with Crippen LogP contribution in [0.5, 0.6) is 0 Å². The van der Waals surface area contributed by atoms with Crippen molar-refractivity contribution < 1.29 is 4.79 Å². The quantitative estimate of drug-likeness (QED) is 0.749. The maximum atomic E-state index is 11.4. The van der Waals surface area contributed by atoms with Gasteiger partial charge in [0.2, 0.25) is 5.91 Å². The standard InChI is InChI=1S/C15H21N3OS/c1-20-11-4-2-10(3-5-11)17-14-8-13-9(6-12(14)16)7-15(19)18-13/h6,8,10-11,17H,2-5,7,16H2,1H3,(H,18,19). The van der Waals surface area contributed by atoms with Crippen molar-refractivity contribution in [2.24, 2.45) is 0 Å². The maximum Gasteiger partial charge on any atom is 0.228 e. The molecule has 5 heteroatoms. The van der Waals surface area contributed by atoms with Crippen LogP contribution in [-0.2, 0) is 11.2 Å². The molecule has 0 saturated heterocycles. The van der Waals surface area contributed by atoms with Crippen molar-refractivity contribution >= 4 is 34.7 Å². The molecular formula is C15H21N3OS. The van der Waals surface area contributed by atoms with Crippen LogP contribution >= 0.6 is 11.8 Å². The summed E-state index contributed by atoms with van der Waals surface area (Å²) in [5.74, 6) is 0.0528. The molecule has 0 unspecified atom stereocenters. The van der Waals surface area contributed by atoms with Gasteiger partial charge in [-0.3, -0.25) is 4.79 Å². The Morgan fingerprint density at radius 1 is 1.30 bits per heavy atom. The van der Waals surface area contributed by atoms with Crippen molar-refractivity contribution in [1.29, 1.82) is 0 Å². The molecule has 20 heavy (non-hydrogen) atoms. The fourth-order valence-corrected chi connectivity index (χ4v) is 3.82. The number of fused-ring (bicyclic) bond motifs is 1. The number of nitrogens with one attached hydrogen (secondary N) is 2. The van der Waals surface area contributed by atoms with Gasteiger partial charge in [-0.15, -0.1) is 0 Å². The first kappa shape index (κ1) is 13.6. The number of hydrogen-bond donors (Lipinski definition) is 3. The zero-order chi connectivity index (χ0) is 14.1. The lowest BCUT2D eigenvalue weighted by Crippen LogP contribution is -2.27. The van der Waals surface area contributed by atoms with E-state index in [-0.39, 0.29) is 5.91 Å². The van der Waals surface area contributed by atoms with E-state index in [1.807, 2.05) is 23.9 Å². The van der Waals surface area contributed by atoms with E-state index < -0.39 is 0 Å². The first-order valence-corrected chi connectivity index (χ1v) is 8.46. The Morgan fingerprint density at radius 2 is 2.05 bits per heavy atom. The predicted octanol–water partition coefficient (Wildman–Crippen LogP) is 2.85. The van der Waals surface area contributed by atoms with Gasteiger partial charge in [0.25, 0.3) is 0 Å². The van der Waals surface area contributed by atoms with Crippen molar-refractivity contribution in [3.05, 3.63) is 17.7 Å². The summed E-state index contributed by atoms with van der Waals surface area (Å²) in [5, 5.41) is 7.24. The van der Waals surface area contributed by atoms with Crippen LogP contribution in [0.2, 0.25) is 0 Å². The monoisotopic (exact) mass is 291 g/mol. The van der Waals surface area contributed by atoms with Crippen LogP contribution in [0.1, 0.15) is 31.2 Å². The fourth-order valence-electron chi connectivity index (χ4n) is 3.08. The molecule has 1 aliphatic heterocycles. The Hall–Kier alpha value is -1.36. The molecule has 1 heterocycles. The first-order chi connectivity index (χ1) is 9.65. The van der Waals surface area contributed by atoms with Gasteiger partial charge in [-0.25, -0.2) is 0 Å². The average molecular weight is 291 g/mol. The number of nitrogens with two attached hydrogens (primary N) is 1. The molecule has 3 rings (SSSR count). The highest BCUT2D eigenvalue weighted by Crippen LogP contribution is 2.34. The van der Waals surface area contributed by atoms with E-state index in [9.17, 15) is 4.79 Å². The molecule has 0 atom stereocenters. The molecule has 0 radical (unpaired) electrons. The molecular weight excluding hydrogens is 270 g/mol. The minimum absolute atomic E-state index is 0.0528. The summed E-state index contributed by atoms with van der Waals surface area (Å²) in [6.07, 6.45) is 7.54. The SMILES string of the molecule is CSC1CCC(Nc2cc3c(cc2N)CC(=O)N3)CC1. The van der Waals surface area contributed by atoms with Crippen LogP contribution in [0.3, 0.4) is 0 Å². The van der Waals surface area contributed by atoms with Gasteiger partial charge in [0.15, 0.2) is 0 Å². The molecule has 2 aliphatic rings. The van der Waals surface area contributed by atoms with Crippen molar-refractivity contribution in [2.75, 3.05) is 22.6 Å². The number of thioether (sulfide) groups is 1. The Labute approximate surface area is 123 Å². The number of carbonyl (C=O) groups excluding carboxylic acids is 1. The molecule has 0 aromatic heterocycles. The van der Waals surface area contributed by atoms with Gasteiger partial charge in [-0.1, -0.05) is 0 Å². The highest BCUT2D eigenvalue weighted by atomic mass is 32.2. The number of benzene rings is 1. The van der Waals surface area contributed by atoms with Gasteiger partial charge < -0.3 is 16.4 Å². The summed E-state index contributed by atoms with van der Waals surface area (Å²) in [6.45, 7) is 0. The molecule has 1 amide bonds. The van der Waals surface area contributed by atoms with Gasteiger partial charge in [-0.05, 0) is 49.6 Å². The van der Waals surface area contributed by atoms with Crippen molar-refractivity contribution in [3.8, 4) is 0 Å². The zero-order valence-electron chi connectivity index (χ0n) is 11.7. The third-order valence-corrected chi connectivity index (χ3v) is 5.41. The lowest BCUT2D eigenvalue weighted by atomic mass is 9.94. The number of nitrogen functional groups attached to an aromatic ring is 1. The van der Waals surface area contributed by atoms with E-state index >= 15 is 0 Å². The minimum Gasteiger partial charge on any atom is -0.397 e. The normalized spacial score (nSPS) is 25.1. The second-order valence-electron chi connectivity index (χ2n) is 5.68. The summed E-state index contributed by atoms with van der Waals surface area (Å²) in [4.78, 5) is 11.4. The van der Waals surface area contributed by atoms with E-state index in [0.717, 1.165) is 27.9 Å².